The SMILES string of the molecule is C=NNC(=NC)c1ccc2c(c1)C(=O)CC1(CCN(C(=O)c3cc(OC)c4cnn(C)c4n3)CC1)O2. The number of ketones is 1. The Morgan fingerprint density at radius 2 is 2.06 bits per heavy atom. The van der Waals surface area contributed by atoms with Crippen LogP contribution in [0.25, 0.3) is 11.0 Å². The average molecular weight is 490 g/mol. The molecule has 2 aliphatic heterocycles. The van der Waals surface area contributed by atoms with E-state index >= 15 is 0 Å². The van der Waals surface area contributed by atoms with Gasteiger partial charge in [0.25, 0.3) is 5.91 Å². The van der Waals surface area contributed by atoms with Crippen LogP contribution in [0.2, 0.25) is 0 Å². The van der Waals surface area contributed by atoms with Crippen molar-refractivity contribution in [3.05, 3.63) is 47.3 Å². The predicted molar refractivity (Wildman–Crippen MR) is 134 cm³/mol. The number of likely N-dealkylation sites (tertiary alicyclic amines) is 1. The molecule has 4 heterocycles. The standard InChI is InChI=1S/C25H27N7O4/c1-26-22(30-27-2)15-5-6-20-16(11-15)19(33)13-25(36-20)7-9-32(10-8-25)24(34)18-12-21(35-4)17-14-28-31(3)23(17)29-18/h5-6,11-12,14H,2,7-10,13H2,1,3-4H3,(H,26,30). The van der Waals surface area contributed by atoms with Gasteiger partial charge >= 0.3 is 0 Å². The minimum absolute atomic E-state index is 0.00737. The zero-order valence-electron chi connectivity index (χ0n) is 20.4. The van der Waals surface area contributed by atoms with E-state index in [2.05, 4.69) is 32.3 Å². The molecule has 36 heavy (non-hydrogen) atoms. The van der Waals surface area contributed by atoms with Gasteiger partial charge in [0.1, 0.15) is 28.6 Å². The van der Waals surface area contributed by atoms with E-state index in [9.17, 15) is 9.59 Å². The molecule has 0 atom stereocenters. The third-order valence-electron chi connectivity index (χ3n) is 6.84. The summed E-state index contributed by atoms with van der Waals surface area (Å²) in [4.78, 5) is 36.9. The van der Waals surface area contributed by atoms with Crippen molar-refractivity contribution in [2.45, 2.75) is 24.9 Å². The van der Waals surface area contributed by atoms with E-state index in [1.54, 1.807) is 55.2 Å². The normalized spacial score (nSPS) is 17.0. The number of methoxy groups -OCH3 is 1. The van der Waals surface area contributed by atoms with E-state index in [4.69, 9.17) is 9.47 Å². The lowest BCUT2D eigenvalue weighted by Crippen LogP contribution is -2.52. The molecule has 3 aromatic rings. The number of piperidine rings is 1. The number of nitrogens with one attached hydrogen (secondary N) is 1. The Labute approximate surface area is 207 Å². The molecule has 1 fully saturated rings. The highest BCUT2D eigenvalue weighted by molar-refractivity contribution is 6.05. The van der Waals surface area contributed by atoms with Crippen LogP contribution in [-0.4, -0.2) is 76.8 Å². The molecule has 0 radical (unpaired) electrons. The van der Waals surface area contributed by atoms with E-state index in [-0.39, 0.29) is 18.1 Å². The van der Waals surface area contributed by atoms with Crippen LogP contribution in [-0.2, 0) is 7.05 Å². The quantitative estimate of drug-likeness (QED) is 0.339. The molecule has 2 aliphatic rings. The van der Waals surface area contributed by atoms with Crippen molar-refractivity contribution in [1.82, 2.24) is 25.1 Å². The Kier molecular flexibility index (Phi) is 5.91. The van der Waals surface area contributed by atoms with Gasteiger partial charge < -0.3 is 14.4 Å². The van der Waals surface area contributed by atoms with Crippen molar-refractivity contribution in [1.29, 1.82) is 0 Å². The number of amides is 1. The van der Waals surface area contributed by atoms with E-state index < -0.39 is 5.60 Å². The zero-order valence-corrected chi connectivity index (χ0v) is 20.4. The van der Waals surface area contributed by atoms with Crippen LogP contribution in [0.4, 0.5) is 0 Å². The summed E-state index contributed by atoms with van der Waals surface area (Å²) in [7, 11) is 4.96. The number of nitrogens with zero attached hydrogens (tertiary/aromatic N) is 6. The maximum Gasteiger partial charge on any atom is 0.272 e. The number of benzene rings is 1. The number of hydrogen-bond donors (Lipinski definition) is 1. The molecule has 1 aromatic carbocycles. The molecule has 0 saturated carbocycles. The molecular formula is C25H27N7O4. The maximum absolute atomic E-state index is 13.3. The second-order valence-electron chi connectivity index (χ2n) is 8.95. The largest absolute Gasteiger partial charge is 0.496 e. The molecule has 11 heteroatoms. The number of pyridine rings is 1. The molecule has 0 aliphatic carbocycles. The Hall–Kier alpha value is -4.28. The Morgan fingerprint density at radius 1 is 1.28 bits per heavy atom. The second kappa shape index (κ2) is 9.06. The number of rotatable bonds is 4. The Balaban J connectivity index is 1.33. The number of amidine groups is 1. The van der Waals surface area contributed by atoms with Gasteiger partial charge in [-0.1, -0.05) is 0 Å². The summed E-state index contributed by atoms with van der Waals surface area (Å²) in [6, 6.07) is 7.03. The molecule has 186 valence electrons. The molecule has 1 saturated heterocycles. The van der Waals surface area contributed by atoms with E-state index in [0.29, 0.717) is 60.2 Å². The molecule has 0 bridgehead atoms. The fraction of sp³-hybridized carbons (Fsp3) is 0.360. The molecule has 0 unspecified atom stereocenters. The first kappa shape index (κ1) is 23.5. The minimum atomic E-state index is -0.637. The summed E-state index contributed by atoms with van der Waals surface area (Å²) in [5.41, 5.74) is 4.22. The van der Waals surface area contributed by atoms with Crippen molar-refractivity contribution in [2.75, 3.05) is 27.2 Å². The smallest absolute Gasteiger partial charge is 0.272 e. The van der Waals surface area contributed by atoms with Crippen molar-refractivity contribution in [2.24, 2.45) is 17.1 Å². The third-order valence-corrected chi connectivity index (χ3v) is 6.84. The molecule has 1 spiro atoms. The summed E-state index contributed by atoms with van der Waals surface area (Å²) in [6.45, 7) is 4.32. The van der Waals surface area contributed by atoms with Crippen molar-refractivity contribution < 1.29 is 19.1 Å². The number of fused-ring (bicyclic) bond motifs is 2. The fourth-order valence-corrected chi connectivity index (χ4v) is 4.88. The number of hydrogen-bond acceptors (Lipinski definition) is 8. The number of hydrazone groups is 1. The van der Waals surface area contributed by atoms with Gasteiger partial charge in [0, 0.05) is 58.4 Å². The van der Waals surface area contributed by atoms with Crippen molar-refractivity contribution in [3.8, 4) is 11.5 Å². The highest BCUT2D eigenvalue weighted by Crippen LogP contribution is 2.40. The maximum atomic E-state index is 13.3. The lowest BCUT2D eigenvalue weighted by molar-refractivity contribution is -0.00585. The topological polar surface area (TPSA) is 123 Å². The van der Waals surface area contributed by atoms with Crippen LogP contribution in [0.3, 0.4) is 0 Å². The highest BCUT2D eigenvalue weighted by atomic mass is 16.5. The summed E-state index contributed by atoms with van der Waals surface area (Å²) < 4.78 is 13.5. The number of carbonyl (C=O) groups is 2. The van der Waals surface area contributed by atoms with Gasteiger partial charge in [0.15, 0.2) is 11.4 Å². The fourth-order valence-electron chi connectivity index (χ4n) is 4.88. The number of aromatic nitrogens is 3. The molecule has 11 nitrogen and oxygen atoms in total. The first-order chi connectivity index (χ1) is 17.4. The first-order valence-corrected chi connectivity index (χ1v) is 11.6. The summed E-state index contributed by atoms with van der Waals surface area (Å²) in [5, 5.41) is 8.62. The lowest BCUT2D eigenvalue weighted by atomic mass is 9.82. The van der Waals surface area contributed by atoms with Crippen LogP contribution in [0, 0.1) is 0 Å². The molecule has 2 aromatic heterocycles. The Bertz CT molecular complexity index is 1400. The van der Waals surface area contributed by atoms with Gasteiger partial charge in [-0.25, -0.2) is 4.98 Å². The summed E-state index contributed by atoms with van der Waals surface area (Å²) in [6.07, 6.45) is 3.01. The van der Waals surface area contributed by atoms with Gasteiger partial charge in [-0.15, -0.1) is 0 Å². The third kappa shape index (κ3) is 3.96. The number of carbonyl (C=O) groups excluding carboxylic acids is 2. The van der Waals surface area contributed by atoms with E-state index in [1.165, 1.54) is 0 Å². The minimum Gasteiger partial charge on any atom is -0.496 e. The molecule has 5 rings (SSSR count). The van der Waals surface area contributed by atoms with Gasteiger partial charge in [-0.05, 0) is 18.2 Å². The van der Waals surface area contributed by atoms with Crippen LogP contribution in [0.15, 0.2) is 40.6 Å². The van der Waals surface area contributed by atoms with Crippen molar-refractivity contribution in [3.63, 3.8) is 0 Å². The average Bonchev–Trinajstić information content (AvgIpc) is 3.27. The van der Waals surface area contributed by atoms with Crippen molar-refractivity contribution >= 4 is 35.3 Å². The van der Waals surface area contributed by atoms with Crippen LogP contribution in [0.5, 0.6) is 11.5 Å². The van der Waals surface area contributed by atoms with Gasteiger partial charge in [0.2, 0.25) is 0 Å². The Morgan fingerprint density at radius 3 is 2.75 bits per heavy atom. The van der Waals surface area contributed by atoms with Crippen LogP contribution in [0.1, 0.15) is 45.7 Å². The van der Waals surface area contributed by atoms with Gasteiger partial charge in [-0.3, -0.25) is 24.7 Å². The second-order valence-corrected chi connectivity index (χ2v) is 8.95. The first-order valence-electron chi connectivity index (χ1n) is 11.6. The molecule has 1 N–H and O–H groups in total. The zero-order chi connectivity index (χ0) is 25.4. The number of aliphatic imine (C=N–C) groups is 1. The summed E-state index contributed by atoms with van der Waals surface area (Å²) in [5.74, 6) is 1.44. The number of ether oxygens (including phenoxy) is 2. The monoisotopic (exact) mass is 489 g/mol. The van der Waals surface area contributed by atoms with Crippen LogP contribution >= 0.6 is 0 Å². The lowest BCUT2D eigenvalue weighted by Gasteiger charge is -2.44. The predicted octanol–water partition coefficient (Wildman–Crippen LogP) is 2.20. The van der Waals surface area contributed by atoms with Gasteiger partial charge in [-0.2, -0.15) is 10.2 Å². The van der Waals surface area contributed by atoms with Gasteiger partial charge in [0.05, 0.1) is 30.7 Å². The highest BCUT2D eigenvalue weighted by Gasteiger charge is 2.44. The molecule has 1 amide bonds. The number of aryl methyl sites for hydroxylation is 1. The van der Waals surface area contributed by atoms with Crippen LogP contribution < -0.4 is 14.9 Å². The van der Waals surface area contributed by atoms with E-state index in [0.717, 1.165) is 10.9 Å². The number of Topliss-reactive ketones (excluding diaryl/α,β-unsaturated/α-hetero) is 1. The molecular weight excluding hydrogens is 462 g/mol. The summed E-state index contributed by atoms with van der Waals surface area (Å²) >= 11 is 0. The van der Waals surface area contributed by atoms with E-state index in [1.807, 2.05) is 6.07 Å².